The van der Waals surface area contributed by atoms with Gasteiger partial charge in [-0.2, -0.15) is 10.1 Å². The summed E-state index contributed by atoms with van der Waals surface area (Å²) in [7, 11) is 1.87. The molecule has 6 heteroatoms. The maximum absolute atomic E-state index is 4.34. The van der Waals surface area contributed by atoms with E-state index < -0.39 is 0 Å². The van der Waals surface area contributed by atoms with Crippen LogP contribution in [0.15, 0.2) is 36.9 Å². The van der Waals surface area contributed by atoms with Crippen LogP contribution in [0, 0.1) is 0 Å². The third kappa shape index (κ3) is 2.13. The van der Waals surface area contributed by atoms with Crippen molar-refractivity contribution >= 4 is 17.0 Å². The summed E-state index contributed by atoms with van der Waals surface area (Å²) in [6, 6.07) is 3.90. The SMILES string of the molecule is Cn1cc2cnc(NCc3ccncc3)nc2n1. The first kappa shape index (κ1) is 10.6. The number of anilines is 1. The molecule has 0 unspecified atom stereocenters. The molecule has 1 N–H and O–H groups in total. The van der Waals surface area contributed by atoms with Crippen LogP contribution in [0.25, 0.3) is 11.0 Å². The minimum absolute atomic E-state index is 0.581. The van der Waals surface area contributed by atoms with Crippen molar-refractivity contribution in [2.24, 2.45) is 7.05 Å². The minimum atomic E-state index is 0.581. The minimum Gasteiger partial charge on any atom is -0.350 e. The van der Waals surface area contributed by atoms with E-state index in [2.05, 4.69) is 25.4 Å². The van der Waals surface area contributed by atoms with E-state index in [1.165, 1.54) is 0 Å². The molecule has 0 aliphatic heterocycles. The number of fused-ring (bicyclic) bond motifs is 1. The average Bonchev–Trinajstić information content (AvgIpc) is 2.77. The van der Waals surface area contributed by atoms with Crippen LogP contribution in [0.2, 0.25) is 0 Å². The fraction of sp³-hybridized carbons (Fsp3) is 0.167. The highest BCUT2D eigenvalue weighted by molar-refractivity contribution is 5.73. The molecule has 0 fully saturated rings. The van der Waals surface area contributed by atoms with E-state index in [1.54, 1.807) is 23.3 Å². The fourth-order valence-corrected chi connectivity index (χ4v) is 1.70. The van der Waals surface area contributed by atoms with Gasteiger partial charge < -0.3 is 5.32 Å². The Morgan fingerprint density at radius 2 is 2.11 bits per heavy atom. The third-order valence-electron chi connectivity index (χ3n) is 2.57. The predicted octanol–water partition coefficient (Wildman–Crippen LogP) is 1.37. The van der Waals surface area contributed by atoms with Gasteiger partial charge >= 0.3 is 0 Å². The van der Waals surface area contributed by atoms with Gasteiger partial charge in [-0.05, 0) is 17.7 Å². The topological polar surface area (TPSA) is 68.5 Å². The molecule has 0 atom stereocenters. The van der Waals surface area contributed by atoms with Crippen molar-refractivity contribution in [2.75, 3.05) is 5.32 Å². The van der Waals surface area contributed by atoms with E-state index >= 15 is 0 Å². The van der Waals surface area contributed by atoms with Crippen molar-refractivity contribution in [2.45, 2.75) is 6.54 Å². The highest BCUT2D eigenvalue weighted by Gasteiger charge is 2.02. The first-order valence-corrected chi connectivity index (χ1v) is 5.60. The van der Waals surface area contributed by atoms with Gasteiger partial charge in [0.05, 0.1) is 5.39 Å². The van der Waals surface area contributed by atoms with Crippen LogP contribution in [0.1, 0.15) is 5.56 Å². The smallest absolute Gasteiger partial charge is 0.225 e. The Hall–Kier alpha value is -2.50. The number of nitrogens with zero attached hydrogens (tertiary/aromatic N) is 5. The van der Waals surface area contributed by atoms with Crippen LogP contribution in [-0.2, 0) is 13.6 Å². The molecule has 0 bridgehead atoms. The average molecular weight is 240 g/mol. The van der Waals surface area contributed by atoms with E-state index in [1.807, 2.05) is 25.4 Å². The molecular weight excluding hydrogens is 228 g/mol. The monoisotopic (exact) mass is 240 g/mol. The first-order chi connectivity index (χ1) is 8.81. The van der Waals surface area contributed by atoms with Gasteiger partial charge in [-0.15, -0.1) is 0 Å². The predicted molar refractivity (Wildman–Crippen MR) is 67.9 cm³/mol. The van der Waals surface area contributed by atoms with Gasteiger partial charge in [0, 0.05) is 38.4 Å². The Bertz CT molecular complexity index is 661. The van der Waals surface area contributed by atoms with Gasteiger partial charge in [0.15, 0.2) is 5.65 Å². The summed E-state index contributed by atoms with van der Waals surface area (Å²) in [5.41, 5.74) is 1.83. The summed E-state index contributed by atoms with van der Waals surface area (Å²) in [4.78, 5) is 12.6. The Labute approximate surface area is 104 Å². The van der Waals surface area contributed by atoms with Gasteiger partial charge in [0.1, 0.15) is 0 Å². The van der Waals surface area contributed by atoms with E-state index in [-0.39, 0.29) is 0 Å². The second kappa shape index (κ2) is 4.40. The molecule has 18 heavy (non-hydrogen) atoms. The maximum Gasteiger partial charge on any atom is 0.225 e. The van der Waals surface area contributed by atoms with Gasteiger partial charge in [-0.1, -0.05) is 0 Å². The number of aromatic nitrogens is 5. The van der Waals surface area contributed by atoms with Crippen molar-refractivity contribution in [1.29, 1.82) is 0 Å². The molecule has 3 heterocycles. The van der Waals surface area contributed by atoms with Crippen LogP contribution >= 0.6 is 0 Å². The Morgan fingerprint density at radius 3 is 2.94 bits per heavy atom. The molecule has 0 radical (unpaired) electrons. The molecule has 90 valence electrons. The van der Waals surface area contributed by atoms with Crippen molar-refractivity contribution < 1.29 is 0 Å². The molecule has 3 aromatic rings. The lowest BCUT2D eigenvalue weighted by molar-refractivity contribution is 0.775. The molecule has 0 aliphatic carbocycles. The zero-order chi connectivity index (χ0) is 12.4. The molecule has 0 saturated carbocycles. The second-order valence-corrected chi connectivity index (χ2v) is 3.98. The maximum atomic E-state index is 4.34. The van der Waals surface area contributed by atoms with Crippen LogP contribution < -0.4 is 5.32 Å². The summed E-state index contributed by atoms with van der Waals surface area (Å²) >= 11 is 0. The van der Waals surface area contributed by atoms with Gasteiger partial charge in [-0.3, -0.25) is 9.67 Å². The summed E-state index contributed by atoms with van der Waals surface area (Å²) in [5.74, 6) is 0.581. The zero-order valence-electron chi connectivity index (χ0n) is 9.91. The first-order valence-electron chi connectivity index (χ1n) is 5.60. The summed E-state index contributed by atoms with van der Waals surface area (Å²) in [5, 5.41) is 8.34. The van der Waals surface area contributed by atoms with Gasteiger partial charge in [-0.25, -0.2) is 4.98 Å². The molecule has 6 nitrogen and oxygen atoms in total. The molecule has 0 aromatic carbocycles. The number of nitrogens with one attached hydrogen (secondary N) is 1. The van der Waals surface area contributed by atoms with Crippen molar-refractivity contribution in [3.05, 3.63) is 42.5 Å². The second-order valence-electron chi connectivity index (χ2n) is 3.98. The molecule has 3 rings (SSSR count). The lowest BCUT2D eigenvalue weighted by atomic mass is 10.3. The summed E-state index contributed by atoms with van der Waals surface area (Å²) in [6.45, 7) is 0.668. The van der Waals surface area contributed by atoms with Crippen molar-refractivity contribution in [1.82, 2.24) is 24.7 Å². The Morgan fingerprint density at radius 1 is 1.28 bits per heavy atom. The van der Waals surface area contributed by atoms with Crippen molar-refractivity contribution in [3.63, 3.8) is 0 Å². The van der Waals surface area contributed by atoms with E-state index in [9.17, 15) is 0 Å². The number of pyridine rings is 1. The van der Waals surface area contributed by atoms with Crippen LogP contribution in [0.5, 0.6) is 0 Å². The highest BCUT2D eigenvalue weighted by atomic mass is 15.3. The lowest BCUT2D eigenvalue weighted by Crippen LogP contribution is -2.03. The lowest BCUT2D eigenvalue weighted by Gasteiger charge is -2.03. The van der Waals surface area contributed by atoms with E-state index in [4.69, 9.17) is 0 Å². The molecule has 0 aliphatic rings. The molecular formula is C12H12N6. The fourth-order valence-electron chi connectivity index (χ4n) is 1.70. The number of hydrogen-bond acceptors (Lipinski definition) is 5. The van der Waals surface area contributed by atoms with Gasteiger partial charge in [0.25, 0.3) is 0 Å². The summed E-state index contributed by atoms with van der Waals surface area (Å²) < 4.78 is 1.73. The quantitative estimate of drug-likeness (QED) is 0.748. The highest BCUT2D eigenvalue weighted by Crippen LogP contribution is 2.10. The molecule has 0 saturated heterocycles. The molecule has 0 spiro atoms. The number of rotatable bonds is 3. The molecule has 3 aromatic heterocycles. The Balaban J connectivity index is 1.78. The van der Waals surface area contributed by atoms with Crippen LogP contribution in [-0.4, -0.2) is 24.7 Å². The van der Waals surface area contributed by atoms with Crippen LogP contribution in [0.4, 0.5) is 5.95 Å². The third-order valence-corrected chi connectivity index (χ3v) is 2.57. The van der Waals surface area contributed by atoms with Crippen LogP contribution in [0.3, 0.4) is 0 Å². The molecule has 0 amide bonds. The van der Waals surface area contributed by atoms with E-state index in [0.717, 1.165) is 10.9 Å². The summed E-state index contributed by atoms with van der Waals surface area (Å²) in [6.07, 6.45) is 7.19. The number of aryl methyl sites for hydroxylation is 1. The van der Waals surface area contributed by atoms with Gasteiger partial charge in [0.2, 0.25) is 5.95 Å². The zero-order valence-corrected chi connectivity index (χ0v) is 9.91. The van der Waals surface area contributed by atoms with Crippen molar-refractivity contribution in [3.8, 4) is 0 Å². The largest absolute Gasteiger partial charge is 0.350 e. The van der Waals surface area contributed by atoms with E-state index in [0.29, 0.717) is 18.1 Å². The standard InChI is InChI=1S/C12H12N6/c1-18-8-10-7-15-12(16-11(10)17-18)14-6-9-2-4-13-5-3-9/h2-5,7-8H,6H2,1H3,(H,14,16,17). The Kier molecular flexibility index (Phi) is 2.60. The normalized spacial score (nSPS) is 10.7. The number of hydrogen-bond donors (Lipinski definition) is 1.